The molecule has 0 amide bonds. The summed E-state index contributed by atoms with van der Waals surface area (Å²) in [5.74, 6) is 1.74. The Morgan fingerprint density at radius 2 is 0.974 bits per heavy atom. The molecular weight excluding hydrogens is 478 g/mol. The fourth-order valence-corrected chi connectivity index (χ4v) is 5.40. The third kappa shape index (κ3) is 4.48. The second-order valence-electron chi connectivity index (χ2n) is 9.86. The lowest BCUT2D eigenvalue weighted by Gasteiger charge is -2.28. The molecule has 2 saturated heterocycles. The van der Waals surface area contributed by atoms with Crippen LogP contribution in [0.2, 0.25) is 0 Å². The monoisotopic (exact) mass is 509 g/mol. The van der Waals surface area contributed by atoms with Crippen LogP contribution in [-0.4, -0.2) is 86.5 Å². The van der Waals surface area contributed by atoms with Crippen molar-refractivity contribution in [1.29, 1.82) is 0 Å². The molecule has 9 heteroatoms. The lowest BCUT2D eigenvalue weighted by atomic mass is 10.2. The maximum atomic E-state index is 5.58. The van der Waals surface area contributed by atoms with Gasteiger partial charge in [-0.3, -0.25) is 9.80 Å². The van der Waals surface area contributed by atoms with Gasteiger partial charge < -0.3 is 18.6 Å². The van der Waals surface area contributed by atoms with Gasteiger partial charge in [0, 0.05) is 26.2 Å². The predicted octanol–water partition coefficient (Wildman–Crippen LogP) is 3.69. The van der Waals surface area contributed by atoms with Gasteiger partial charge in [0.25, 0.3) is 0 Å². The summed E-state index contributed by atoms with van der Waals surface area (Å²) in [5.41, 5.74) is 5.86. The zero-order valence-corrected chi connectivity index (χ0v) is 21.4. The van der Waals surface area contributed by atoms with Gasteiger partial charge in [-0.05, 0) is 36.4 Å². The number of pyridine rings is 1. The van der Waals surface area contributed by atoms with Crippen LogP contribution >= 0.6 is 0 Å². The van der Waals surface area contributed by atoms with Crippen molar-refractivity contribution >= 4 is 22.1 Å². The molecule has 0 bridgehead atoms. The average molecular weight is 510 g/mol. The molecule has 0 unspecified atom stereocenters. The van der Waals surface area contributed by atoms with E-state index >= 15 is 0 Å². The normalized spacial score (nSPS) is 17.5. The number of imidazole rings is 2. The molecule has 0 atom stereocenters. The van der Waals surface area contributed by atoms with Crippen molar-refractivity contribution in [2.45, 2.75) is 13.3 Å². The summed E-state index contributed by atoms with van der Waals surface area (Å²) in [5, 5.41) is 0. The largest absolute Gasteiger partial charge is 0.379 e. The van der Waals surface area contributed by atoms with Gasteiger partial charge in [0.05, 0.1) is 61.8 Å². The van der Waals surface area contributed by atoms with E-state index in [2.05, 4.69) is 73.5 Å². The van der Waals surface area contributed by atoms with Crippen molar-refractivity contribution < 1.29 is 9.47 Å². The number of para-hydroxylation sites is 4. The minimum Gasteiger partial charge on any atom is -0.379 e. The number of nitrogens with zero attached hydrogens (tertiary/aromatic N) is 7. The quantitative estimate of drug-likeness (QED) is 0.346. The van der Waals surface area contributed by atoms with Gasteiger partial charge in [-0.25, -0.2) is 15.0 Å². The van der Waals surface area contributed by atoms with E-state index in [-0.39, 0.29) is 0 Å². The van der Waals surface area contributed by atoms with Gasteiger partial charge in [0.15, 0.2) is 11.6 Å². The number of fused-ring (bicyclic) bond motifs is 2. The van der Waals surface area contributed by atoms with Crippen molar-refractivity contribution in [1.82, 2.24) is 33.9 Å². The minimum absolute atomic E-state index is 0.751. The summed E-state index contributed by atoms with van der Waals surface area (Å²) in [7, 11) is 0. The first kappa shape index (κ1) is 23.5. The van der Waals surface area contributed by atoms with Crippen LogP contribution in [0.3, 0.4) is 0 Å². The molecule has 2 aliphatic rings. The van der Waals surface area contributed by atoms with Gasteiger partial charge in [0.2, 0.25) is 0 Å². The number of aromatic nitrogens is 5. The van der Waals surface area contributed by atoms with E-state index in [9.17, 15) is 0 Å². The predicted molar refractivity (Wildman–Crippen MR) is 146 cm³/mol. The number of hydrogen-bond acceptors (Lipinski definition) is 7. The summed E-state index contributed by atoms with van der Waals surface area (Å²) in [6, 6.07) is 22.8. The number of hydrogen-bond donors (Lipinski definition) is 0. The van der Waals surface area contributed by atoms with Gasteiger partial charge in [-0.15, -0.1) is 0 Å². The van der Waals surface area contributed by atoms with Crippen molar-refractivity contribution in [3.05, 3.63) is 66.7 Å². The highest BCUT2D eigenvalue weighted by atomic mass is 16.5. The van der Waals surface area contributed by atoms with Crippen LogP contribution in [0.4, 0.5) is 0 Å². The molecule has 0 saturated carbocycles. The summed E-state index contributed by atoms with van der Waals surface area (Å²) in [4.78, 5) is 20.0. The number of morpholine rings is 2. The molecule has 0 N–H and O–H groups in total. The standard InChI is InChI=1S/C29H31N7O2/c1-3-10-26-22(6-1)31-28(35(26)20-33-12-16-37-17-13-33)24-8-5-9-25(30-24)29-32-23-7-2-4-11-27(23)36(29)21-34-14-18-38-19-15-34/h1-11H,12-21H2. The molecule has 38 heavy (non-hydrogen) atoms. The molecule has 2 fully saturated rings. The summed E-state index contributed by atoms with van der Waals surface area (Å²) >= 11 is 0. The lowest BCUT2D eigenvalue weighted by Crippen LogP contribution is -2.37. The van der Waals surface area contributed by atoms with Crippen LogP contribution in [-0.2, 0) is 22.8 Å². The van der Waals surface area contributed by atoms with Gasteiger partial charge >= 0.3 is 0 Å². The molecule has 0 spiro atoms. The van der Waals surface area contributed by atoms with Crippen molar-refractivity contribution in [2.24, 2.45) is 0 Å². The van der Waals surface area contributed by atoms with E-state index in [0.717, 1.165) is 111 Å². The average Bonchev–Trinajstić information content (AvgIpc) is 3.53. The Morgan fingerprint density at radius 1 is 0.526 bits per heavy atom. The topological polar surface area (TPSA) is 73.5 Å². The Labute approximate surface area is 221 Å². The third-order valence-corrected chi connectivity index (χ3v) is 7.41. The maximum absolute atomic E-state index is 5.58. The Hall–Kier alpha value is -3.63. The smallest absolute Gasteiger partial charge is 0.160 e. The first-order valence-corrected chi connectivity index (χ1v) is 13.3. The van der Waals surface area contributed by atoms with Crippen LogP contribution in [0.1, 0.15) is 0 Å². The van der Waals surface area contributed by atoms with Crippen LogP contribution in [0.25, 0.3) is 45.1 Å². The van der Waals surface area contributed by atoms with Crippen molar-refractivity contribution in [3.63, 3.8) is 0 Å². The molecule has 7 rings (SSSR count). The maximum Gasteiger partial charge on any atom is 0.160 e. The third-order valence-electron chi connectivity index (χ3n) is 7.41. The Balaban J connectivity index is 1.31. The van der Waals surface area contributed by atoms with Gasteiger partial charge in [0.1, 0.15) is 11.4 Å². The highest BCUT2D eigenvalue weighted by Gasteiger charge is 2.21. The van der Waals surface area contributed by atoms with Crippen molar-refractivity contribution in [2.75, 3.05) is 52.6 Å². The van der Waals surface area contributed by atoms with E-state index < -0.39 is 0 Å². The van der Waals surface area contributed by atoms with Gasteiger partial charge in [-0.1, -0.05) is 30.3 Å². The number of ether oxygens (including phenoxy) is 2. The molecular formula is C29H31N7O2. The second kappa shape index (κ2) is 10.3. The van der Waals surface area contributed by atoms with Crippen LogP contribution in [0.15, 0.2) is 66.7 Å². The summed E-state index contributed by atoms with van der Waals surface area (Å²) in [6.07, 6.45) is 0. The minimum atomic E-state index is 0.751. The summed E-state index contributed by atoms with van der Waals surface area (Å²) in [6.45, 7) is 8.17. The van der Waals surface area contributed by atoms with Crippen LogP contribution < -0.4 is 0 Å². The molecule has 5 aromatic rings. The van der Waals surface area contributed by atoms with Crippen LogP contribution in [0.5, 0.6) is 0 Å². The fraction of sp³-hybridized carbons (Fsp3) is 0.345. The first-order chi connectivity index (χ1) is 18.8. The Kier molecular flexibility index (Phi) is 6.34. The zero-order chi connectivity index (χ0) is 25.3. The fourth-order valence-electron chi connectivity index (χ4n) is 5.40. The molecule has 0 aliphatic carbocycles. The molecule has 2 aromatic carbocycles. The summed E-state index contributed by atoms with van der Waals surface area (Å²) < 4.78 is 15.7. The molecule has 2 aliphatic heterocycles. The number of benzene rings is 2. The highest BCUT2D eigenvalue weighted by Crippen LogP contribution is 2.29. The van der Waals surface area contributed by atoms with E-state index in [1.165, 1.54) is 0 Å². The molecule has 194 valence electrons. The zero-order valence-electron chi connectivity index (χ0n) is 21.4. The number of rotatable bonds is 6. The molecule has 5 heterocycles. The van der Waals surface area contributed by atoms with Crippen molar-refractivity contribution in [3.8, 4) is 23.0 Å². The van der Waals surface area contributed by atoms with Crippen LogP contribution in [0, 0.1) is 0 Å². The lowest BCUT2D eigenvalue weighted by molar-refractivity contribution is 0.0243. The van der Waals surface area contributed by atoms with E-state index in [1.54, 1.807) is 0 Å². The van der Waals surface area contributed by atoms with E-state index in [0.29, 0.717) is 0 Å². The van der Waals surface area contributed by atoms with E-state index in [4.69, 9.17) is 24.4 Å². The SMILES string of the molecule is c1cc(-c2nc3ccccc3n2CN2CCOCC2)nc(-c2nc3ccccc3n2CN2CCOCC2)c1. The molecule has 3 aromatic heterocycles. The molecule has 9 nitrogen and oxygen atoms in total. The Morgan fingerprint density at radius 3 is 1.45 bits per heavy atom. The Bertz CT molecular complexity index is 1450. The highest BCUT2D eigenvalue weighted by molar-refractivity contribution is 5.82. The first-order valence-electron chi connectivity index (χ1n) is 13.3. The van der Waals surface area contributed by atoms with E-state index in [1.807, 2.05) is 12.1 Å². The second-order valence-corrected chi connectivity index (χ2v) is 9.86. The van der Waals surface area contributed by atoms with Gasteiger partial charge in [-0.2, -0.15) is 0 Å². The molecule has 0 radical (unpaired) electrons.